The van der Waals surface area contributed by atoms with Crippen LogP contribution in [0.2, 0.25) is 0 Å². The van der Waals surface area contributed by atoms with Gasteiger partial charge in [0.15, 0.2) is 5.82 Å². The highest BCUT2D eigenvalue weighted by atomic mass is 32.2. The van der Waals surface area contributed by atoms with Crippen LogP contribution in [0.15, 0.2) is 46.2 Å². The number of hydrogen-bond donors (Lipinski definition) is 2. The van der Waals surface area contributed by atoms with Gasteiger partial charge in [0.05, 0.1) is 29.2 Å². The number of nitriles is 1. The Balaban J connectivity index is 1.77. The number of para-hydroxylation sites is 1. The summed E-state index contributed by atoms with van der Waals surface area (Å²) in [5.41, 5.74) is -1.02. The maximum absolute atomic E-state index is 12.9. The van der Waals surface area contributed by atoms with Crippen molar-refractivity contribution in [3.05, 3.63) is 46.9 Å². The number of nitrogens with one attached hydrogen (secondary N) is 2. The molecule has 1 aliphatic rings. The zero-order valence-electron chi connectivity index (χ0n) is 21.1. The molecule has 2 aromatic heterocycles. The molecule has 1 aliphatic heterocycles. The van der Waals surface area contributed by atoms with E-state index in [1.165, 1.54) is 37.1 Å². The van der Waals surface area contributed by atoms with Gasteiger partial charge in [-0.05, 0) is 31.0 Å². The van der Waals surface area contributed by atoms with Crippen molar-refractivity contribution < 1.29 is 26.4 Å². The van der Waals surface area contributed by atoms with Crippen LogP contribution < -0.4 is 10.9 Å². The number of amides is 1. The van der Waals surface area contributed by atoms with Crippen LogP contribution in [-0.4, -0.2) is 71.7 Å². The average Bonchev–Trinajstić information content (AvgIpc) is 3.24. The van der Waals surface area contributed by atoms with Crippen molar-refractivity contribution in [1.82, 2.24) is 24.0 Å². The number of sulfonamides is 1. The van der Waals surface area contributed by atoms with E-state index < -0.39 is 39.6 Å². The molecule has 11 nitrogen and oxygen atoms in total. The second-order valence-corrected chi connectivity index (χ2v) is 11.6. The van der Waals surface area contributed by atoms with Gasteiger partial charge >= 0.3 is 6.18 Å². The van der Waals surface area contributed by atoms with Crippen molar-refractivity contribution in [3.63, 3.8) is 0 Å². The summed E-state index contributed by atoms with van der Waals surface area (Å²) in [6.45, 7) is -0.0678. The molecule has 1 saturated heterocycles. The molecule has 1 aromatic carbocycles. The van der Waals surface area contributed by atoms with E-state index in [0.717, 1.165) is 9.21 Å². The summed E-state index contributed by atoms with van der Waals surface area (Å²) in [5.74, 6) is -1.00. The van der Waals surface area contributed by atoms with E-state index in [9.17, 15) is 36.4 Å². The Bertz CT molecular complexity index is 1600. The summed E-state index contributed by atoms with van der Waals surface area (Å²) < 4.78 is 66.6. The van der Waals surface area contributed by atoms with Crippen LogP contribution >= 0.6 is 0 Å². The Morgan fingerprint density at radius 1 is 1.23 bits per heavy atom. The first-order chi connectivity index (χ1) is 18.3. The van der Waals surface area contributed by atoms with Gasteiger partial charge in [0.1, 0.15) is 16.7 Å². The molecule has 0 spiro atoms. The second-order valence-electron chi connectivity index (χ2n) is 9.47. The maximum atomic E-state index is 12.9. The predicted molar refractivity (Wildman–Crippen MR) is 136 cm³/mol. The largest absolute Gasteiger partial charge is 0.397 e. The van der Waals surface area contributed by atoms with Crippen molar-refractivity contribution in [1.29, 1.82) is 5.26 Å². The Labute approximate surface area is 221 Å². The van der Waals surface area contributed by atoms with Gasteiger partial charge in [0.25, 0.3) is 5.56 Å². The van der Waals surface area contributed by atoms with Crippen LogP contribution in [0.1, 0.15) is 25.7 Å². The van der Waals surface area contributed by atoms with Crippen molar-refractivity contribution in [2.45, 2.75) is 42.3 Å². The van der Waals surface area contributed by atoms with E-state index in [-0.39, 0.29) is 54.1 Å². The van der Waals surface area contributed by atoms with Crippen molar-refractivity contribution in [2.75, 3.05) is 32.5 Å². The van der Waals surface area contributed by atoms with E-state index in [4.69, 9.17) is 0 Å². The molecule has 2 N–H and O–H groups in total. The number of H-pyrrole nitrogens is 1. The van der Waals surface area contributed by atoms with Gasteiger partial charge in [0.2, 0.25) is 15.9 Å². The molecule has 0 radical (unpaired) electrons. The number of aromatic amines is 1. The number of benzene rings is 1. The monoisotopic (exact) mass is 565 g/mol. The highest BCUT2D eigenvalue weighted by Crippen LogP contribution is 2.38. The summed E-state index contributed by atoms with van der Waals surface area (Å²) >= 11 is 0. The Hall–Kier alpha value is -3.90. The number of pyridine rings is 1. The number of carbonyl (C=O) groups excluding carboxylic acids is 1. The Morgan fingerprint density at radius 3 is 2.51 bits per heavy atom. The van der Waals surface area contributed by atoms with Gasteiger partial charge in [-0.1, -0.05) is 12.1 Å². The number of hydrogen-bond acceptors (Lipinski definition) is 7. The fourth-order valence-electron chi connectivity index (χ4n) is 4.71. The highest BCUT2D eigenvalue weighted by molar-refractivity contribution is 7.89. The third-order valence-electron chi connectivity index (χ3n) is 6.76. The van der Waals surface area contributed by atoms with Gasteiger partial charge in [-0.3, -0.25) is 14.3 Å². The van der Waals surface area contributed by atoms with E-state index >= 15 is 0 Å². The van der Waals surface area contributed by atoms with Gasteiger partial charge in [-0.15, -0.1) is 0 Å². The number of anilines is 2. The van der Waals surface area contributed by atoms with Gasteiger partial charge in [-0.25, -0.2) is 12.7 Å². The zero-order valence-corrected chi connectivity index (χ0v) is 21.9. The maximum Gasteiger partial charge on any atom is 0.397 e. The van der Waals surface area contributed by atoms with Crippen molar-refractivity contribution in [2.24, 2.45) is 0 Å². The number of aromatic nitrogens is 3. The summed E-state index contributed by atoms with van der Waals surface area (Å²) in [5, 5.41) is 17.3. The molecule has 0 atom stereocenters. The van der Waals surface area contributed by atoms with E-state index in [0.29, 0.717) is 5.52 Å². The number of halogens is 3. The molecule has 39 heavy (non-hydrogen) atoms. The molecular formula is C24H26F3N7O4S. The number of carbonyl (C=O) groups is 1. The van der Waals surface area contributed by atoms with Crippen LogP contribution in [0.5, 0.6) is 0 Å². The Kier molecular flexibility index (Phi) is 7.46. The number of alkyl halides is 3. The fourth-order valence-corrected chi connectivity index (χ4v) is 5.75. The number of fused-ring (bicyclic) bond motifs is 1. The third-order valence-corrected chi connectivity index (χ3v) is 8.63. The lowest BCUT2D eigenvalue weighted by atomic mass is 9.84. The van der Waals surface area contributed by atoms with Crippen LogP contribution in [0.4, 0.5) is 24.7 Å². The number of nitrogens with zero attached hydrogens (tertiary/aromatic N) is 5. The van der Waals surface area contributed by atoms with Crippen molar-refractivity contribution in [3.8, 4) is 6.07 Å². The molecule has 0 bridgehead atoms. The summed E-state index contributed by atoms with van der Waals surface area (Å²) in [6, 6.07) is 9.79. The molecule has 3 aromatic rings. The van der Waals surface area contributed by atoms with Crippen LogP contribution in [0.3, 0.4) is 0 Å². The van der Waals surface area contributed by atoms with E-state index in [1.807, 2.05) is 0 Å². The minimum atomic E-state index is -4.63. The molecular weight excluding hydrogens is 539 g/mol. The van der Waals surface area contributed by atoms with Gasteiger partial charge in [0, 0.05) is 33.4 Å². The standard InChI is InChI=1S/C24H26F3N7O4S/c1-32(2)39(37,38)18-6-4-3-5-16(18)30-21-20-17(7-12-29-22(20)36)34(31-21)23(8-11-28)9-13-33(14-10-23)19(35)15-24(25,26)27/h3-7,12H,8-10,13-15H2,1-2H3,(H,29,36)(H,30,31). The molecule has 0 saturated carbocycles. The summed E-state index contributed by atoms with van der Waals surface area (Å²) in [7, 11) is -1.09. The summed E-state index contributed by atoms with van der Waals surface area (Å²) in [4.78, 5) is 28.7. The van der Waals surface area contributed by atoms with Crippen molar-refractivity contribution >= 4 is 38.3 Å². The Morgan fingerprint density at radius 2 is 1.90 bits per heavy atom. The van der Waals surface area contributed by atoms with E-state index in [2.05, 4.69) is 21.5 Å². The molecule has 15 heteroatoms. The average molecular weight is 566 g/mol. The quantitative estimate of drug-likeness (QED) is 0.448. The minimum absolute atomic E-state index is 0.0339. The molecule has 1 fully saturated rings. The van der Waals surface area contributed by atoms with Gasteiger partial charge in [-0.2, -0.15) is 23.5 Å². The molecule has 208 valence electrons. The third kappa shape index (κ3) is 5.48. The normalized spacial score (nSPS) is 15.9. The SMILES string of the molecule is CN(C)S(=O)(=O)c1ccccc1Nc1nn(C2(CC#N)CCN(C(=O)CC(F)(F)F)CC2)c2cc[nH]c(=O)c12. The first-order valence-corrected chi connectivity index (χ1v) is 13.3. The number of likely N-dealkylation sites (tertiary alicyclic amines) is 1. The predicted octanol–water partition coefficient (Wildman–Crippen LogP) is 2.90. The molecule has 0 aliphatic carbocycles. The first-order valence-electron chi connectivity index (χ1n) is 11.9. The number of rotatable bonds is 7. The lowest BCUT2D eigenvalue weighted by Crippen LogP contribution is -2.49. The lowest BCUT2D eigenvalue weighted by molar-refractivity contribution is -0.162. The molecule has 0 unspecified atom stereocenters. The molecule has 3 heterocycles. The minimum Gasteiger partial charge on any atom is -0.342 e. The zero-order chi connectivity index (χ0) is 28.6. The lowest BCUT2D eigenvalue weighted by Gasteiger charge is -2.41. The fraction of sp³-hybridized carbons (Fsp3) is 0.417. The van der Waals surface area contributed by atoms with Gasteiger partial charge < -0.3 is 15.2 Å². The second kappa shape index (κ2) is 10.3. The molecule has 1 amide bonds. The smallest absolute Gasteiger partial charge is 0.342 e. The highest BCUT2D eigenvalue weighted by Gasteiger charge is 2.42. The molecule has 4 rings (SSSR count). The van der Waals surface area contributed by atoms with Crippen LogP contribution in [-0.2, 0) is 20.4 Å². The number of piperidine rings is 1. The topological polar surface area (TPSA) is 144 Å². The van der Waals surface area contributed by atoms with Crippen LogP contribution in [0, 0.1) is 11.3 Å². The summed E-state index contributed by atoms with van der Waals surface area (Å²) in [6.07, 6.45) is -4.63. The van der Waals surface area contributed by atoms with E-state index in [1.54, 1.807) is 18.2 Å². The van der Waals surface area contributed by atoms with Crippen LogP contribution in [0.25, 0.3) is 10.9 Å². The first kappa shape index (κ1) is 28.1.